The van der Waals surface area contributed by atoms with Gasteiger partial charge in [0.2, 0.25) is 5.91 Å². The number of aliphatic hydroxyl groups is 1. The van der Waals surface area contributed by atoms with Crippen LogP contribution in [-0.2, 0) is 14.6 Å². The number of hydrogen-bond acceptors (Lipinski definition) is 5. The molecule has 8 heteroatoms. The molecule has 3 atom stereocenters. The molecule has 39 heavy (non-hydrogen) atoms. The third-order valence-corrected chi connectivity index (χ3v) is 8.31. The molecule has 2 N–H and O–H groups in total. The Morgan fingerprint density at radius 2 is 1.59 bits per heavy atom. The number of rotatable bonds is 8. The van der Waals surface area contributed by atoms with Crippen molar-refractivity contribution in [2.24, 2.45) is 5.92 Å². The van der Waals surface area contributed by atoms with Crippen molar-refractivity contribution in [3.05, 3.63) is 114 Å². The first-order valence-corrected chi connectivity index (χ1v) is 14.5. The van der Waals surface area contributed by atoms with Gasteiger partial charge in [0, 0.05) is 17.5 Å². The molecule has 1 amide bonds. The molecule has 200 valence electrons. The number of phenols is 1. The number of carbonyl (C=O) groups excluding carboxylic acids is 1. The average molecular weight is 546 g/mol. The number of aliphatic hydroxyl groups excluding tert-OH is 1. The van der Waals surface area contributed by atoms with Gasteiger partial charge in [-0.25, -0.2) is 12.8 Å². The van der Waals surface area contributed by atoms with Crippen molar-refractivity contribution in [2.45, 2.75) is 29.9 Å². The summed E-state index contributed by atoms with van der Waals surface area (Å²) in [4.78, 5) is 15.2. The van der Waals surface area contributed by atoms with Crippen LogP contribution in [0.15, 0.2) is 102 Å². The maximum Gasteiger partial charge on any atom is 0.233 e. The van der Waals surface area contributed by atoms with Crippen LogP contribution in [0.2, 0.25) is 0 Å². The summed E-state index contributed by atoms with van der Waals surface area (Å²) in [7, 11) is -3.39. The SMILES string of the molecule is CS(=O)(=O)c1cccc(-c2ccc([C@@H]3[C@@H](CC[C@H](O)c4ccc(F)cc4)C(=O)N3c3ccccc3)c(O)c2)c1. The first-order valence-electron chi connectivity index (χ1n) is 12.6. The van der Waals surface area contributed by atoms with Crippen molar-refractivity contribution in [3.63, 3.8) is 0 Å². The van der Waals surface area contributed by atoms with Gasteiger partial charge < -0.3 is 15.1 Å². The zero-order chi connectivity index (χ0) is 27.7. The largest absolute Gasteiger partial charge is 0.508 e. The molecule has 5 rings (SSSR count). The van der Waals surface area contributed by atoms with Gasteiger partial charge in [0.15, 0.2) is 9.84 Å². The predicted molar refractivity (Wildman–Crippen MR) is 147 cm³/mol. The Labute approximate surface area is 226 Å². The molecule has 0 unspecified atom stereocenters. The van der Waals surface area contributed by atoms with Gasteiger partial charge >= 0.3 is 0 Å². The second-order valence-electron chi connectivity index (χ2n) is 9.81. The minimum Gasteiger partial charge on any atom is -0.508 e. The molecule has 0 aromatic heterocycles. The van der Waals surface area contributed by atoms with Crippen molar-refractivity contribution < 1.29 is 27.8 Å². The Balaban J connectivity index is 1.44. The van der Waals surface area contributed by atoms with Crippen molar-refractivity contribution in [2.75, 3.05) is 11.2 Å². The van der Waals surface area contributed by atoms with E-state index in [4.69, 9.17) is 0 Å². The van der Waals surface area contributed by atoms with Crippen LogP contribution < -0.4 is 4.90 Å². The van der Waals surface area contributed by atoms with Crippen LogP contribution in [0.1, 0.15) is 36.1 Å². The number of sulfone groups is 1. The Kier molecular flexibility index (Phi) is 7.25. The Morgan fingerprint density at radius 3 is 2.26 bits per heavy atom. The molecule has 6 nitrogen and oxygen atoms in total. The van der Waals surface area contributed by atoms with E-state index in [1.54, 1.807) is 41.3 Å². The van der Waals surface area contributed by atoms with E-state index >= 15 is 0 Å². The van der Waals surface area contributed by atoms with E-state index in [1.165, 1.54) is 30.3 Å². The summed E-state index contributed by atoms with van der Waals surface area (Å²) in [6.07, 6.45) is 0.940. The van der Waals surface area contributed by atoms with Gasteiger partial charge in [-0.3, -0.25) is 4.79 Å². The number of nitrogens with zero attached hydrogens (tertiary/aromatic N) is 1. The molecule has 4 aromatic rings. The number of phenolic OH excluding ortho intramolecular Hbond substituents is 1. The lowest BCUT2D eigenvalue weighted by molar-refractivity contribution is -0.131. The van der Waals surface area contributed by atoms with Gasteiger partial charge in [-0.05, 0) is 72.0 Å². The second-order valence-corrected chi connectivity index (χ2v) is 11.8. The maximum absolute atomic E-state index is 13.3. The molecule has 1 aliphatic heterocycles. The molecular formula is C31H28FNO5S. The van der Waals surface area contributed by atoms with Crippen molar-refractivity contribution >= 4 is 21.4 Å². The Morgan fingerprint density at radius 1 is 0.897 bits per heavy atom. The van der Waals surface area contributed by atoms with E-state index < -0.39 is 27.9 Å². The van der Waals surface area contributed by atoms with Crippen LogP contribution in [0.25, 0.3) is 11.1 Å². The minimum atomic E-state index is -3.39. The predicted octanol–water partition coefficient (Wildman–Crippen LogP) is 5.82. The molecule has 0 spiro atoms. The lowest BCUT2D eigenvalue weighted by Gasteiger charge is -2.48. The Bertz CT molecular complexity index is 1610. The molecule has 1 saturated heterocycles. The minimum absolute atomic E-state index is 0.0141. The second kappa shape index (κ2) is 10.6. The van der Waals surface area contributed by atoms with Crippen LogP contribution in [0, 0.1) is 11.7 Å². The van der Waals surface area contributed by atoms with Crippen LogP contribution in [0.3, 0.4) is 0 Å². The first kappa shape index (κ1) is 26.6. The van der Waals surface area contributed by atoms with Crippen LogP contribution >= 0.6 is 0 Å². The fraction of sp³-hybridized carbons (Fsp3) is 0.194. The van der Waals surface area contributed by atoms with E-state index in [1.807, 2.05) is 30.3 Å². The molecule has 1 fully saturated rings. The van der Waals surface area contributed by atoms with E-state index in [-0.39, 0.29) is 28.8 Å². The average Bonchev–Trinajstić information content (AvgIpc) is 2.92. The van der Waals surface area contributed by atoms with Gasteiger partial charge in [-0.1, -0.05) is 54.6 Å². The zero-order valence-corrected chi connectivity index (χ0v) is 22.1. The Hall–Kier alpha value is -4.01. The third kappa shape index (κ3) is 5.44. The molecule has 0 radical (unpaired) electrons. The van der Waals surface area contributed by atoms with Crippen LogP contribution in [-0.4, -0.2) is 30.8 Å². The lowest BCUT2D eigenvalue weighted by Crippen LogP contribution is -2.55. The summed E-state index contributed by atoms with van der Waals surface area (Å²) in [5.74, 6) is -0.993. The van der Waals surface area contributed by atoms with E-state index in [0.29, 0.717) is 34.4 Å². The normalized spacial score (nSPS) is 18.0. The fourth-order valence-corrected chi connectivity index (χ4v) is 5.80. The third-order valence-electron chi connectivity index (χ3n) is 7.20. The van der Waals surface area contributed by atoms with E-state index in [0.717, 1.165) is 6.26 Å². The molecule has 1 heterocycles. The monoisotopic (exact) mass is 545 g/mol. The number of carbonyl (C=O) groups is 1. The fourth-order valence-electron chi connectivity index (χ4n) is 5.13. The van der Waals surface area contributed by atoms with Crippen molar-refractivity contribution in [1.29, 1.82) is 0 Å². The van der Waals surface area contributed by atoms with Crippen molar-refractivity contribution in [3.8, 4) is 16.9 Å². The van der Waals surface area contributed by atoms with E-state index in [9.17, 15) is 27.8 Å². The summed E-state index contributed by atoms with van der Waals surface area (Å²) in [5, 5.41) is 21.8. The zero-order valence-electron chi connectivity index (χ0n) is 21.2. The van der Waals surface area contributed by atoms with Crippen LogP contribution in [0.5, 0.6) is 5.75 Å². The number of amides is 1. The summed E-state index contributed by atoms with van der Waals surface area (Å²) >= 11 is 0. The molecular weight excluding hydrogens is 517 g/mol. The first-order chi connectivity index (χ1) is 18.6. The number of benzene rings is 4. The van der Waals surface area contributed by atoms with Gasteiger partial charge in [0.25, 0.3) is 0 Å². The van der Waals surface area contributed by atoms with E-state index in [2.05, 4.69) is 0 Å². The molecule has 4 aromatic carbocycles. The molecule has 0 bridgehead atoms. The molecule has 1 aliphatic rings. The maximum atomic E-state index is 13.3. The standard InChI is InChI=1S/C31H28FNO5S/c1-39(37,38)25-9-5-6-21(18-25)22-12-15-26(29(35)19-22)30-27(31(36)33(30)24-7-3-2-4-8-24)16-17-28(34)20-10-13-23(32)14-11-20/h2-15,18-19,27-28,30,34-35H,16-17H2,1H3/t27-,28+,30-/m1/s1. The summed E-state index contributed by atoms with van der Waals surface area (Å²) in [6.45, 7) is 0. The van der Waals surface area contributed by atoms with Gasteiger partial charge in [-0.15, -0.1) is 0 Å². The number of hydrogen-bond donors (Lipinski definition) is 2. The number of aromatic hydroxyl groups is 1. The summed E-state index contributed by atoms with van der Waals surface area (Å²) in [6, 6.07) is 26.0. The highest BCUT2D eigenvalue weighted by atomic mass is 32.2. The lowest BCUT2D eigenvalue weighted by atomic mass is 9.77. The van der Waals surface area contributed by atoms with Gasteiger partial charge in [0.05, 0.1) is 23.0 Å². The number of β-lactam (4-membered cyclic amide) rings is 1. The van der Waals surface area contributed by atoms with Crippen LogP contribution in [0.4, 0.5) is 10.1 Å². The molecule has 0 saturated carbocycles. The number of anilines is 1. The van der Waals surface area contributed by atoms with Crippen molar-refractivity contribution in [1.82, 2.24) is 0 Å². The molecule has 0 aliphatic carbocycles. The summed E-state index contributed by atoms with van der Waals surface area (Å²) < 4.78 is 37.3. The van der Waals surface area contributed by atoms with Gasteiger partial charge in [-0.2, -0.15) is 0 Å². The summed E-state index contributed by atoms with van der Waals surface area (Å²) in [5.41, 5.74) is 3.11. The quantitative estimate of drug-likeness (QED) is 0.272. The van der Waals surface area contributed by atoms with Gasteiger partial charge in [0.1, 0.15) is 11.6 Å². The highest BCUT2D eigenvalue weighted by Gasteiger charge is 2.49. The highest BCUT2D eigenvalue weighted by molar-refractivity contribution is 7.90. The smallest absolute Gasteiger partial charge is 0.233 e. The topological polar surface area (TPSA) is 94.9 Å². The number of para-hydroxylation sites is 1. The number of halogens is 1. The highest BCUT2D eigenvalue weighted by Crippen LogP contribution is 2.49.